The van der Waals surface area contributed by atoms with Crippen molar-refractivity contribution in [3.05, 3.63) is 59.7 Å². The van der Waals surface area contributed by atoms with Gasteiger partial charge in [-0.25, -0.2) is 4.79 Å². The second-order valence-electron chi connectivity index (χ2n) is 3.92. The van der Waals surface area contributed by atoms with E-state index in [0.29, 0.717) is 5.56 Å². The third-order valence-electron chi connectivity index (χ3n) is 2.64. The Kier molecular flexibility index (Phi) is 3.40. The summed E-state index contributed by atoms with van der Waals surface area (Å²) < 4.78 is 4.26. The lowest BCUT2D eigenvalue weighted by molar-refractivity contribution is 0.0685. The number of ether oxygens (including phenoxy) is 1. The SMILES string of the molecule is Cc1ccc(-c2ccc(C(=O)OC#N)cc2)cc1. The van der Waals surface area contributed by atoms with E-state index in [4.69, 9.17) is 5.26 Å². The summed E-state index contributed by atoms with van der Waals surface area (Å²) >= 11 is 0. The van der Waals surface area contributed by atoms with E-state index in [2.05, 4.69) is 4.74 Å². The van der Waals surface area contributed by atoms with Crippen molar-refractivity contribution < 1.29 is 9.53 Å². The molecular formula is C15H11NO2. The van der Waals surface area contributed by atoms with E-state index < -0.39 is 5.97 Å². The molecule has 0 saturated heterocycles. The highest BCUT2D eigenvalue weighted by atomic mass is 16.5. The van der Waals surface area contributed by atoms with Crippen molar-refractivity contribution in [1.29, 1.82) is 5.26 Å². The number of carbonyl (C=O) groups is 1. The molecule has 2 aromatic carbocycles. The molecule has 0 saturated carbocycles. The molecule has 0 fully saturated rings. The molecule has 0 bridgehead atoms. The van der Waals surface area contributed by atoms with Crippen LogP contribution in [0.2, 0.25) is 0 Å². The van der Waals surface area contributed by atoms with Crippen molar-refractivity contribution in [2.24, 2.45) is 0 Å². The van der Waals surface area contributed by atoms with Gasteiger partial charge in [0.2, 0.25) is 0 Å². The summed E-state index contributed by atoms with van der Waals surface area (Å²) in [6, 6.07) is 15.1. The van der Waals surface area contributed by atoms with Gasteiger partial charge in [0, 0.05) is 0 Å². The van der Waals surface area contributed by atoms with Gasteiger partial charge < -0.3 is 4.74 Å². The number of carbonyl (C=O) groups excluding carboxylic acids is 1. The fourth-order valence-electron chi connectivity index (χ4n) is 1.65. The number of benzene rings is 2. The Morgan fingerprint density at radius 2 is 1.50 bits per heavy atom. The predicted octanol–water partition coefficient (Wildman–Crippen LogP) is 3.30. The lowest BCUT2D eigenvalue weighted by Gasteiger charge is -2.03. The van der Waals surface area contributed by atoms with Crippen molar-refractivity contribution in [2.75, 3.05) is 0 Å². The van der Waals surface area contributed by atoms with Crippen LogP contribution in [0.15, 0.2) is 48.5 Å². The van der Waals surface area contributed by atoms with E-state index in [9.17, 15) is 4.79 Å². The molecule has 0 aliphatic heterocycles. The maximum atomic E-state index is 11.3. The Hall–Kier alpha value is -2.60. The van der Waals surface area contributed by atoms with Gasteiger partial charge in [0.1, 0.15) is 0 Å². The van der Waals surface area contributed by atoms with Crippen LogP contribution in [-0.2, 0) is 4.74 Å². The zero-order chi connectivity index (χ0) is 13.0. The summed E-state index contributed by atoms with van der Waals surface area (Å²) in [5.41, 5.74) is 3.67. The normalized spacial score (nSPS) is 9.56. The highest BCUT2D eigenvalue weighted by molar-refractivity contribution is 5.90. The van der Waals surface area contributed by atoms with E-state index in [1.165, 1.54) is 11.8 Å². The number of nitrogens with zero attached hydrogens (tertiary/aromatic N) is 1. The lowest BCUT2D eigenvalue weighted by Crippen LogP contribution is -1.99. The van der Waals surface area contributed by atoms with Crippen LogP contribution in [-0.4, -0.2) is 5.97 Å². The van der Waals surface area contributed by atoms with Gasteiger partial charge in [0.15, 0.2) is 0 Å². The van der Waals surface area contributed by atoms with Crippen molar-refractivity contribution in [3.8, 4) is 17.4 Å². The zero-order valence-electron chi connectivity index (χ0n) is 9.88. The van der Waals surface area contributed by atoms with Crippen LogP contribution in [0.4, 0.5) is 0 Å². The molecule has 0 aliphatic rings. The Balaban J connectivity index is 2.25. The summed E-state index contributed by atoms with van der Waals surface area (Å²) in [5.74, 6) is -0.632. The number of hydrogen-bond acceptors (Lipinski definition) is 3. The molecule has 3 nitrogen and oxygen atoms in total. The molecule has 0 amide bonds. The van der Waals surface area contributed by atoms with Gasteiger partial charge in [0.05, 0.1) is 5.56 Å². The highest BCUT2D eigenvalue weighted by Crippen LogP contribution is 2.20. The van der Waals surface area contributed by atoms with Gasteiger partial charge >= 0.3 is 5.97 Å². The molecule has 3 heteroatoms. The van der Waals surface area contributed by atoms with E-state index in [-0.39, 0.29) is 0 Å². The number of rotatable bonds is 2. The molecule has 0 atom stereocenters. The smallest absolute Gasteiger partial charge is 0.347 e. The highest BCUT2D eigenvalue weighted by Gasteiger charge is 2.06. The zero-order valence-corrected chi connectivity index (χ0v) is 9.88. The van der Waals surface area contributed by atoms with Gasteiger partial charge in [-0.1, -0.05) is 42.0 Å². The first-order chi connectivity index (χ1) is 8.70. The number of hydrogen-bond donors (Lipinski definition) is 0. The molecule has 0 heterocycles. The van der Waals surface area contributed by atoms with Gasteiger partial charge in [-0.3, -0.25) is 0 Å². The quantitative estimate of drug-likeness (QED) is 0.594. The van der Waals surface area contributed by atoms with Gasteiger partial charge in [0.25, 0.3) is 6.26 Å². The Bertz CT molecular complexity index is 592. The fourth-order valence-corrected chi connectivity index (χ4v) is 1.65. The van der Waals surface area contributed by atoms with Crippen molar-refractivity contribution >= 4 is 5.97 Å². The minimum Gasteiger partial charge on any atom is -0.347 e. The third-order valence-corrected chi connectivity index (χ3v) is 2.64. The molecule has 0 N–H and O–H groups in total. The summed E-state index contributed by atoms with van der Waals surface area (Å²) in [6.45, 7) is 2.03. The van der Waals surface area contributed by atoms with Crippen LogP contribution < -0.4 is 0 Å². The summed E-state index contributed by atoms with van der Waals surface area (Å²) in [6.07, 6.45) is 1.37. The predicted molar refractivity (Wildman–Crippen MR) is 67.6 cm³/mol. The molecule has 2 rings (SSSR count). The number of nitriles is 1. The average Bonchev–Trinajstić information content (AvgIpc) is 2.40. The van der Waals surface area contributed by atoms with Crippen molar-refractivity contribution in [3.63, 3.8) is 0 Å². The Labute approximate surface area is 105 Å². The largest absolute Gasteiger partial charge is 0.353 e. The molecular weight excluding hydrogens is 226 g/mol. The standard InChI is InChI=1S/C15H11NO2/c1-11-2-4-12(5-3-11)13-6-8-14(9-7-13)15(17)18-10-16/h2-9H,1H3. The Morgan fingerprint density at radius 3 is 2.00 bits per heavy atom. The van der Waals surface area contributed by atoms with E-state index in [1.807, 2.05) is 43.3 Å². The van der Waals surface area contributed by atoms with E-state index >= 15 is 0 Å². The van der Waals surface area contributed by atoms with Gasteiger partial charge in [-0.2, -0.15) is 0 Å². The number of aryl methyl sites for hydroxylation is 1. The minimum atomic E-state index is -0.632. The van der Waals surface area contributed by atoms with Crippen LogP contribution in [0, 0.1) is 18.4 Å². The maximum absolute atomic E-state index is 11.3. The van der Waals surface area contributed by atoms with Crippen molar-refractivity contribution in [1.82, 2.24) is 0 Å². The van der Waals surface area contributed by atoms with E-state index in [1.54, 1.807) is 12.1 Å². The van der Waals surface area contributed by atoms with Gasteiger partial charge in [-0.05, 0) is 30.2 Å². The first-order valence-electron chi connectivity index (χ1n) is 5.48. The Morgan fingerprint density at radius 1 is 1.00 bits per heavy atom. The molecule has 88 valence electrons. The summed E-state index contributed by atoms with van der Waals surface area (Å²) in [5, 5.41) is 8.26. The molecule has 18 heavy (non-hydrogen) atoms. The van der Waals surface area contributed by atoms with E-state index in [0.717, 1.165) is 11.1 Å². The fraction of sp³-hybridized carbons (Fsp3) is 0.0667. The monoisotopic (exact) mass is 237 g/mol. The molecule has 0 unspecified atom stereocenters. The summed E-state index contributed by atoms with van der Waals surface area (Å²) in [4.78, 5) is 11.3. The molecule has 0 aliphatic carbocycles. The summed E-state index contributed by atoms with van der Waals surface area (Å²) in [7, 11) is 0. The van der Waals surface area contributed by atoms with Crippen LogP contribution >= 0.6 is 0 Å². The van der Waals surface area contributed by atoms with Crippen molar-refractivity contribution in [2.45, 2.75) is 6.92 Å². The first kappa shape index (κ1) is 11.9. The van der Waals surface area contributed by atoms with Crippen LogP contribution in [0.25, 0.3) is 11.1 Å². The first-order valence-corrected chi connectivity index (χ1v) is 5.48. The number of esters is 1. The minimum absolute atomic E-state index is 0.368. The van der Waals surface area contributed by atoms with Gasteiger partial charge in [-0.15, -0.1) is 5.26 Å². The average molecular weight is 237 g/mol. The molecule has 2 aromatic rings. The molecule has 0 spiro atoms. The molecule has 0 radical (unpaired) electrons. The van der Waals surface area contributed by atoms with Crippen LogP contribution in [0.3, 0.4) is 0 Å². The maximum Gasteiger partial charge on any atom is 0.353 e. The molecule has 0 aromatic heterocycles. The lowest BCUT2D eigenvalue weighted by atomic mass is 10.0. The third kappa shape index (κ3) is 2.55. The topological polar surface area (TPSA) is 50.1 Å². The van der Waals surface area contributed by atoms with Crippen LogP contribution in [0.5, 0.6) is 0 Å². The second-order valence-corrected chi connectivity index (χ2v) is 3.92. The van der Waals surface area contributed by atoms with Crippen LogP contribution in [0.1, 0.15) is 15.9 Å². The second kappa shape index (κ2) is 5.15.